The lowest BCUT2D eigenvalue weighted by Gasteiger charge is -2.29. The number of nitrogens with zero attached hydrogens (tertiary/aromatic N) is 2. The fourth-order valence-electron chi connectivity index (χ4n) is 4.28. The van der Waals surface area contributed by atoms with E-state index >= 15 is 0 Å². The van der Waals surface area contributed by atoms with Crippen LogP contribution < -0.4 is 4.31 Å². The Morgan fingerprint density at radius 3 is 2.12 bits per heavy atom. The van der Waals surface area contributed by atoms with Crippen molar-refractivity contribution >= 4 is 15.7 Å². The van der Waals surface area contributed by atoms with Crippen LogP contribution in [0.15, 0.2) is 83.8 Å². The zero-order valence-corrected chi connectivity index (χ0v) is 20.1. The zero-order chi connectivity index (χ0) is 24.0. The van der Waals surface area contributed by atoms with Crippen LogP contribution in [0.2, 0.25) is 0 Å². The quantitative estimate of drug-likeness (QED) is 0.480. The van der Waals surface area contributed by atoms with Crippen LogP contribution in [0.3, 0.4) is 0 Å². The molecule has 6 nitrogen and oxygen atoms in total. The molecule has 0 aliphatic carbocycles. The summed E-state index contributed by atoms with van der Waals surface area (Å²) >= 11 is 0. The first-order valence-corrected chi connectivity index (χ1v) is 13.2. The Morgan fingerprint density at radius 1 is 0.853 bits per heavy atom. The van der Waals surface area contributed by atoms with E-state index in [0.29, 0.717) is 5.69 Å². The molecule has 0 radical (unpaired) electrons. The Labute approximate surface area is 202 Å². The van der Waals surface area contributed by atoms with Gasteiger partial charge in [-0.2, -0.15) is 0 Å². The maximum absolute atomic E-state index is 13.5. The number of benzene rings is 3. The highest BCUT2D eigenvalue weighted by Crippen LogP contribution is 2.27. The monoisotopic (exact) mass is 480 g/mol. The van der Waals surface area contributed by atoms with Crippen molar-refractivity contribution in [2.75, 3.05) is 23.9 Å². The van der Waals surface area contributed by atoms with Crippen molar-refractivity contribution in [3.63, 3.8) is 0 Å². The number of aliphatic hydroxyl groups excluding tert-OH is 1. The highest BCUT2D eigenvalue weighted by molar-refractivity contribution is 7.92. The van der Waals surface area contributed by atoms with Crippen LogP contribution >= 0.6 is 0 Å². The molecule has 1 aliphatic heterocycles. The van der Waals surface area contributed by atoms with Crippen molar-refractivity contribution in [3.8, 4) is 5.75 Å². The number of hydrogen-bond donors (Lipinski definition) is 2. The number of sulfonamides is 1. The van der Waals surface area contributed by atoms with Crippen LogP contribution in [0, 0.1) is 0 Å². The van der Waals surface area contributed by atoms with Crippen LogP contribution in [0.4, 0.5) is 5.69 Å². The molecule has 0 bridgehead atoms. The number of likely N-dealkylation sites (tertiary alicyclic amines) is 1. The number of aliphatic hydroxyl groups is 1. The highest BCUT2D eigenvalue weighted by atomic mass is 32.2. The van der Waals surface area contributed by atoms with E-state index < -0.39 is 10.0 Å². The van der Waals surface area contributed by atoms with Crippen LogP contribution in [0.25, 0.3) is 0 Å². The third kappa shape index (κ3) is 6.17. The second-order valence-corrected chi connectivity index (χ2v) is 10.7. The lowest BCUT2D eigenvalue weighted by atomic mass is 10.1. The number of anilines is 1. The maximum Gasteiger partial charge on any atom is 0.264 e. The summed E-state index contributed by atoms with van der Waals surface area (Å²) in [6, 6.07) is 22.8. The second-order valence-electron chi connectivity index (χ2n) is 8.83. The smallest absolute Gasteiger partial charge is 0.264 e. The molecule has 3 aromatic carbocycles. The van der Waals surface area contributed by atoms with E-state index in [1.165, 1.54) is 9.87 Å². The summed E-state index contributed by atoms with van der Waals surface area (Å²) in [6.45, 7) is 3.06. The molecule has 0 amide bonds. The van der Waals surface area contributed by atoms with Gasteiger partial charge in [-0.3, -0.25) is 4.31 Å². The summed E-state index contributed by atoms with van der Waals surface area (Å²) in [5.41, 5.74) is 2.56. The lowest BCUT2D eigenvalue weighted by Crippen LogP contribution is -2.36. The van der Waals surface area contributed by atoms with Crippen LogP contribution in [0.5, 0.6) is 5.75 Å². The van der Waals surface area contributed by atoms with E-state index in [1.807, 2.05) is 24.3 Å². The fraction of sp³-hybridized carbons (Fsp3) is 0.333. The first-order chi connectivity index (χ1) is 16.4. The number of phenolic OH excluding ortho intramolecular Hbond substituents is 1. The number of rotatable bonds is 9. The predicted octanol–water partition coefficient (Wildman–Crippen LogP) is 4.18. The Hall–Kier alpha value is -2.87. The van der Waals surface area contributed by atoms with Gasteiger partial charge >= 0.3 is 0 Å². The van der Waals surface area contributed by atoms with Gasteiger partial charge in [-0.05, 0) is 79.8 Å². The summed E-state index contributed by atoms with van der Waals surface area (Å²) in [6.07, 6.45) is 3.49. The molecule has 4 rings (SSSR count). The molecule has 1 saturated heterocycles. The standard InChI is InChI=1S/C27H32N2O4S/c30-25-14-10-23(11-15-25)21-29(34(32,33)27-6-2-1-3-7-27)24-12-8-22(9-13-24)5-4-18-28-19-16-26(31)17-20-28/h1-3,6-15,26,30-31H,4-5,16-21H2. The molecule has 2 N–H and O–H groups in total. The van der Waals surface area contributed by atoms with E-state index in [1.54, 1.807) is 54.6 Å². The summed E-state index contributed by atoms with van der Waals surface area (Å²) in [4.78, 5) is 2.64. The molecule has 3 aromatic rings. The van der Waals surface area contributed by atoms with Crippen LogP contribution in [0.1, 0.15) is 30.4 Å². The van der Waals surface area contributed by atoms with Crippen LogP contribution in [-0.2, 0) is 23.0 Å². The highest BCUT2D eigenvalue weighted by Gasteiger charge is 2.25. The third-order valence-electron chi connectivity index (χ3n) is 6.31. The van der Waals surface area contributed by atoms with E-state index in [9.17, 15) is 18.6 Å². The topological polar surface area (TPSA) is 81.1 Å². The average Bonchev–Trinajstić information content (AvgIpc) is 2.86. The van der Waals surface area contributed by atoms with Gasteiger partial charge in [0.25, 0.3) is 10.0 Å². The summed E-state index contributed by atoms with van der Waals surface area (Å²) in [5, 5.41) is 19.2. The normalized spacial score (nSPS) is 15.3. The Morgan fingerprint density at radius 2 is 1.47 bits per heavy atom. The number of aromatic hydroxyl groups is 1. The van der Waals surface area contributed by atoms with Gasteiger partial charge in [0, 0.05) is 13.1 Å². The summed E-state index contributed by atoms with van der Waals surface area (Å²) in [5.74, 6) is 0.145. The van der Waals surface area contributed by atoms with Crippen molar-refractivity contribution in [2.45, 2.75) is 43.2 Å². The van der Waals surface area contributed by atoms with Gasteiger partial charge in [0.05, 0.1) is 23.2 Å². The van der Waals surface area contributed by atoms with Gasteiger partial charge in [0.2, 0.25) is 0 Å². The molecule has 1 fully saturated rings. The lowest BCUT2D eigenvalue weighted by molar-refractivity contribution is 0.0821. The van der Waals surface area contributed by atoms with Gasteiger partial charge in [0.15, 0.2) is 0 Å². The molecular formula is C27H32N2O4S. The molecule has 1 aliphatic rings. The van der Waals surface area contributed by atoms with Crippen molar-refractivity contribution < 1.29 is 18.6 Å². The molecule has 0 spiro atoms. The number of piperidine rings is 1. The third-order valence-corrected chi connectivity index (χ3v) is 8.10. The number of hydrogen-bond acceptors (Lipinski definition) is 5. The fourth-order valence-corrected chi connectivity index (χ4v) is 5.75. The van der Waals surface area contributed by atoms with Gasteiger partial charge < -0.3 is 15.1 Å². The first-order valence-electron chi connectivity index (χ1n) is 11.8. The molecule has 0 unspecified atom stereocenters. The first kappa shape index (κ1) is 24.3. The molecule has 7 heteroatoms. The number of phenols is 1. The van der Waals surface area contributed by atoms with Crippen molar-refractivity contribution in [2.24, 2.45) is 0 Å². The largest absolute Gasteiger partial charge is 0.508 e. The summed E-state index contributed by atoms with van der Waals surface area (Å²) < 4.78 is 28.4. The van der Waals surface area contributed by atoms with Crippen molar-refractivity contribution in [3.05, 3.63) is 90.0 Å². The second kappa shape index (κ2) is 11.0. The minimum absolute atomic E-state index is 0.145. The van der Waals surface area contributed by atoms with E-state index in [-0.39, 0.29) is 23.3 Å². The average molecular weight is 481 g/mol. The molecule has 180 valence electrons. The van der Waals surface area contributed by atoms with Gasteiger partial charge in [-0.25, -0.2) is 8.42 Å². The van der Waals surface area contributed by atoms with E-state index in [2.05, 4.69) is 4.90 Å². The number of aryl methyl sites for hydroxylation is 1. The molecule has 0 atom stereocenters. The minimum Gasteiger partial charge on any atom is -0.508 e. The minimum atomic E-state index is -3.77. The van der Waals surface area contributed by atoms with Gasteiger partial charge in [-0.15, -0.1) is 0 Å². The molecular weight excluding hydrogens is 448 g/mol. The predicted molar refractivity (Wildman–Crippen MR) is 134 cm³/mol. The van der Waals surface area contributed by atoms with Crippen molar-refractivity contribution in [1.82, 2.24) is 4.90 Å². The molecule has 34 heavy (non-hydrogen) atoms. The van der Waals surface area contributed by atoms with Crippen molar-refractivity contribution in [1.29, 1.82) is 0 Å². The molecule has 1 heterocycles. The molecule has 0 saturated carbocycles. The van der Waals surface area contributed by atoms with E-state index in [4.69, 9.17) is 0 Å². The van der Waals surface area contributed by atoms with Gasteiger partial charge in [-0.1, -0.05) is 42.5 Å². The zero-order valence-electron chi connectivity index (χ0n) is 19.3. The Balaban J connectivity index is 1.48. The summed E-state index contributed by atoms with van der Waals surface area (Å²) in [7, 11) is -3.77. The van der Waals surface area contributed by atoms with Gasteiger partial charge in [0.1, 0.15) is 5.75 Å². The Kier molecular flexibility index (Phi) is 7.88. The molecule has 0 aromatic heterocycles. The van der Waals surface area contributed by atoms with E-state index in [0.717, 1.165) is 50.9 Å². The SMILES string of the molecule is O=S(=O)(c1ccccc1)N(Cc1ccc(O)cc1)c1ccc(CCCN2CCC(O)CC2)cc1. The Bertz CT molecular complexity index is 1140. The maximum atomic E-state index is 13.5. The van der Waals surface area contributed by atoms with Crippen LogP contribution in [-0.4, -0.2) is 49.3 Å².